The van der Waals surface area contributed by atoms with Gasteiger partial charge in [0.1, 0.15) is 0 Å². The van der Waals surface area contributed by atoms with Crippen LogP contribution in [0.4, 0.5) is 0 Å². The van der Waals surface area contributed by atoms with Crippen molar-refractivity contribution in [2.45, 2.75) is 70.8 Å². The molecule has 8 heteroatoms. The van der Waals surface area contributed by atoms with Crippen molar-refractivity contribution in [1.29, 1.82) is 0 Å². The summed E-state index contributed by atoms with van der Waals surface area (Å²) in [5, 5.41) is 3.01. The van der Waals surface area contributed by atoms with E-state index < -0.39 is 32.1 Å². The number of hydrogen-bond acceptors (Lipinski definition) is 6. The third kappa shape index (κ3) is 4.74. The van der Waals surface area contributed by atoms with Gasteiger partial charge < -0.3 is 19.2 Å². The van der Waals surface area contributed by atoms with Crippen molar-refractivity contribution in [2.24, 2.45) is 17.8 Å². The lowest BCUT2D eigenvalue weighted by Crippen LogP contribution is -2.64. The van der Waals surface area contributed by atoms with Crippen LogP contribution in [0.3, 0.4) is 0 Å². The predicted molar refractivity (Wildman–Crippen MR) is 111 cm³/mol. The second-order valence-electron chi connectivity index (χ2n) is 9.57. The third-order valence-corrected chi connectivity index (χ3v) is 11.3. The van der Waals surface area contributed by atoms with Gasteiger partial charge in [-0.05, 0) is 37.9 Å². The summed E-state index contributed by atoms with van der Waals surface area (Å²) in [5.74, 6) is -2.36. The van der Waals surface area contributed by atoms with Crippen LogP contribution < -0.4 is 5.32 Å². The first-order valence-electron chi connectivity index (χ1n) is 10.2. The number of esters is 2. The summed E-state index contributed by atoms with van der Waals surface area (Å²) < 4.78 is 16.2. The maximum atomic E-state index is 12.4. The molecule has 0 saturated carbocycles. The van der Waals surface area contributed by atoms with E-state index in [4.69, 9.17) is 13.9 Å². The van der Waals surface area contributed by atoms with Gasteiger partial charge in [0.2, 0.25) is 5.91 Å². The molecule has 164 valence electrons. The number of rotatable bonds is 6. The molecule has 2 rings (SSSR count). The normalized spacial score (nSPS) is 28.6. The highest BCUT2D eigenvalue weighted by Crippen LogP contribution is 2.41. The summed E-state index contributed by atoms with van der Waals surface area (Å²) in [6.45, 7) is 12.8. The minimum atomic E-state index is -2.02. The number of nitrogens with one attached hydrogen (secondary N) is 1. The van der Waals surface area contributed by atoms with Gasteiger partial charge in [0.05, 0.1) is 44.1 Å². The van der Waals surface area contributed by atoms with Crippen LogP contribution in [0.1, 0.15) is 40.5 Å². The van der Waals surface area contributed by atoms with E-state index in [-0.39, 0.29) is 29.0 Å². The number of carbonyl (C=O) groups excluding carboxylic acids is 3. The number of ether oxygens (including phenoxy) is 2. The molecule has 1 heterocycles. The Labute approximate surface area is 174 Å². The molecule has 2 unspecified atom stereocenters. The molecule has 1 amide bonds. The van der Waals surface area contributed by atoms with Crippen LogP contribution >= 0.6 is 0 Å². The summed E-state index contributed by atoms with van der Waals surface area (Å²) in [6, 6.07) is -0.187. The minimum absolute atomic E-state index is 0.0354. The summed E-state index contributed by atoms with van der Waals surface area (Å²) >= 11 is 0. The Morgan fingerprint density at radius 2 is 1.69 bits per heavy atom. The first-order valence-corrected chi connectivity index (χ1v) is 13.1. The fourth-order valence-corrected chi connectivity index (χ4v) is 5.33. The number of allylic oxidation sites excluding steroid dienone is 1. The van der Waals surface area contributed by atoms with Crippen molar-refractivity contribution in [3.63, 3.8) is 0 Å². The molecule has 0 aromatic carbocycles. The zero-order valence-electron chi connectivity index (χ0n) is 18.8. The summed E-state index contributed by atoms with van der Waals surface area (Å²) in [7, 11) is 0.610. The van der Waals surface area contributed by atoms with E-state index in [9.17, 15) is 14.4 Å². The molecule has 1 saturated heterocycles. The lowest BCUT2D eigenvalue weighted by atomic mass is 9.72. The maximum absolute atomic E-state index is 12.4. The zero-order valence-corrected chi connectivity index (χ0v) is 19.8. The van der Waals surface area contributed by atoms with Crippen molar-refractivity contribution in [1.82, 2.24) is 5.32 Å². The molecule has 5 atom stereocenters. The van der Waals surface area contributed by atoms with E-state index in [1.807, 2.05) is 13.0 Å². The Bertz CT molecular complexity index is 696. The van der Waals surface area contributed by atoms with Crippen LogP contribution in [0, 0.1) is 17.8 Å². The van der Waals surface area contributed by atoms with Crippen molar-refractivity contribution in [2.75, 3.05) is 14.2 Å². The molecule has 7 nitrogen and oxygen atoms in total. The molecular weight excluding hydrogens is 390 g/mol. The highest BCUT2D eigenvalue weighted by molar-refractivity contribution is 6.74. The van der Waals surface area contributed by atoms with E-state index in [0.717, 1.165) is 5.57 Å². The number of β-lactam (4-membered cyclic amide) rings is 1. The number of carbonyl (C=O) groups is 3. The van der Waals surface area contributed by atoms with Crippen molar-refractivity contribution < 1.29 is 28.3 Å². The van der Waals surface area contributed by atoms with Gasteiger partial charge in [0.25, 0.3) is 0 Å². The molecule has 1 N–H and O–H groups in total. The van der Waals surface area contributed by atoms with Gasteiger partial charge >= 0.3 is 11.9 Å². The maximum Gasteiger partial charge on any atom is 0.309 e. The monoisotopic (exact) mass is 425 g/mol. The van der Waals surface area contributed by atoms with Gasteiger partial charge in [-0.2, -0.15) is 0 Å². The predicted octanol–water partition coefficient (Wildman–Crippen LogP) is 2.81. The Kier molecular flexibility index (Phi) is 7.00. The highest BCUT2D eigenvalue weighted by Gasteiger charge is 2.50. The van der Waals surface area contributed by atoms with Crippen LogP contribution in [-0.4, -0.2) is 52.5 Å². The van der Waals surface area contributed by atoms with Crippen LogP contribution in [0.5, 0.6) is 0 Å². The lowest BCUT2D eigenvalue weighted by molar-refractivity contribution is -0.158. The standard InChI is InChI=1S/C21H35NO6Si/c1-12(28-29(7,8)21(2,3)4)16-17(22-18(16)23)13-9-10-14(19(24)26-5)15(11-13)20(25)27-6/h9,12,14-17H,10-11H2,1-8H3,(H,22,23)/t12-,14?,15?,16+,17-/m1/s1. The largest absolute Gasteiger partial charge is 0.469 e. The number of amides is 1. The number of hydrogen-bond donors (Lipinski definition) is 1. The van der Waals surface area contributed by atoms with Gasteiger partial charge in [-0.15, -0.1) is 0 Å². The topological polar surface area (TPSA) is 90.9 Å². The van der Waals surface area contributed by atoms with Gasteiger partial charge in [-0.3, -0.25) is 14.4 Å². The van der Waals surface area contributed by atoms with E-state index in [1.54, 1.807) is 0 Å². The summed E-state index contributed by atoms with van der Waals surface area (Å²) in [6.07, 6.45) is 2.47. The smallest absolute Gasteiger partial charge is 0.309 e. The van der Waals surface area contributed by atoms with Crippen LogP contribution in [-0.2, 0) is 28.3 Å². The SMILES string of the molecule is COC(=O)C1CC=C([C@H]2NC(=O)[C@H]2[C@@H](C)O[Si](C)(C)C(C)(C)C)CC1C(=O)OC. The summed E-state index contributed by atoms with van der Waals surface area (Å²) in [5.41, 5.74) is 0.954. The molecule has 0 spiro atoms. The van der Waals surface area contributed by atoms with Crippen LogP contribution in [0.2, 0.25) is 18.1 Å². The molecule has 0 bridgehead atoms. The van der Waals surface area contributed by atoms with Crippen LogP contribution in [0.15, 0.2) is 11.6 Å². The zero-order chi connectivity index (χ0) is 22.1. The van der Waals surface area contributed by atoms with Gasteiger partial charge in [-0.25, -0.2) is 0 Å². The molecule has 0 radical (unpaired) electrons. The van der Waals surface area contributed by atoms with Crippen molar-refractivity contribution >= 4 is 26.2 Å². The van der Waals surface area contributed by atoms with Gasteiger partial charge in [0.15, 0.2) is 8.32 Å². The van der Waals surface area contributed by atoms with E-state index in [1.165, 1.54) is 14.2 Å². The van der Waals surface area contributed by atoms with E-state index >= 15 is 0 Å². The number of methoxy groups -OCH3 is 2. The Balaban J connectivity index is 2.19. The Hall–Kier alpha value is -1.67. The molecule has 0 aromatic heterocycles. The second kappa shape index (κ2) is 8.59. The minimum Gasteiger partial charge on any atom is -0.469 e. The fourth-order valence-electron chi connectivity index (χ4n) is 3.90. The van der Waals surface area contributed by atoms with E-state index in [2.05, 4.69) is 39.2 Å². The molecule has 2 aliphatic rings. The quantitative estimate of drug-likeness (QED) is 0.305. The molecular formula is C21H35NO6Si. The first kappa shape index (κ1) is 23.6. The Morgan fingerprint density at radius 3 is 2.17 bits per heavy atom. The highest BCUT2D eigenvalue weighted by atomic mass is 28.4. The van der Waals surface area contributed by atoms with Crippen LogP contribution in [0.25, 0.3) is 0 Å². The molecule has 1 aliphatic carbocycles. The molecule has 0 aromatic rings. The van der Waals surface area contributed by atoms with E-state index in [0.29, 0.717) is 12.8 Å². The Morgan fingerprint density at radius 1 is 1.14 bits per heavy atom. The van der Waals surface area contributed by atoms with Gasteiger partial charge in [0, 0.05) is 0 Å². The fraction of sp³-hybridized carbons (Fsp3) is 0.762. The molecule has 1 aliphatic heterocycles. The summed E-state index contributed by atoms with van der Waals surface area (Å²) in [4.78, 5) is 36.8. The van der Waals surface area contributed by atoms with Crippen molar-refractivity contribution in [3.8, 4) is 0 Å². The lowest BCUT2D eigenvalue weighted by Gasteiger charge is -2.47. The van der Waals surface area contributed by atoms with Gasteiger partial charge in [-0.1, -0.05) is 32.4 Å². The second-order valence-corrected chi connectivity index (χ2v) is 14.3. The third-order valence-electron chi connectivity index (χ3n) is 6.73. The molecule has 29 heavy (non-hydrogen) atoms. The average Bonchev–Trinajstić information content (AvgIpc) is 2.62. The first-order chi connectivity index (χ1) is 13.3. The average molecular weight is 426 g/mol. The van der Waals surface area contributed by atoms with Crippen molar-refractivity contribution in [3.05, 3.63) is 11.6 Å². The molecule has 1 fully saturated rings.